The summed E-state index contributed by atoms with van der Waals surface area (Å²) in [7, 11) is 0. The molecule has 0 aromatic rings. The molecule has 19 heavy (non-hydrogen) atoms. The first-order chi connectivity index (χ1) is 9.22. The number of fused-ring (bicyclic) bond motifs is 4. The predicted octanol–water partition coefficient (Wildman–Crippen LogP) is 1.26. The van der Waals surface area contributed by atoms with Crippen LogP contribution in [-0.4, -0.2) is 47.3 Å². The fourth-order valence-corrected chi connectivity index (χ4v) is 4.38. The van der Waals surface area contributed by atoms with Crippen molar-refractivity contribution >= 4 is 11.8 Å². The van der Waals surface area contributed by atoms with E-state index in [1.807, 2.05) is 0 Å². The maximum absolute atomic E-state index is 12.3. The van der Waals surface area contributed by atoms with Crippen LogP contribution in [0.25, 0.3) is 0 Å². The van der Waals surface area contributed by atoms with Gasteiger partial charge in [0.1, 0.15) is 0 Å². The molecule has 0 spiro atoms. The summed E-state index contributed by atoms with van der Waals surface area (Å²) in [6, 6.07) is 0.423. The summed E-state index contributed by atoms with van der Waals surface area (Å²) in [6.45, 7) is 2.69. The fraction of sp³-hybridized carbons (Fsp3) is 0.867. The number of amides is 2. The average molecular weight is 262 g/mol. The zero-order valence-electron chi connectivity index (χ0n) is 11.4. The molecule has 2 bridgehead atoms. The van der Waals surface area contributed by atoms with Gasteiger partial charge in [0.05, 0.1) is 0 Å². The lowest BCUT2D eigenvalue weighted by Crippen LogP contribution is -2.61. The third-order valence-corrected chi connectivity index (χ3v) is 5.42. The number of likely N-dealkylation sites (tertiary alicyclic amines) is 1. The molecule has 4 heteroatoms. The van der Waals surface area contributed by atoms with Crippen LogP contribution < -0.4 is 0 Å². The Morgan fingerprint density at radius 3 is 2.74 bits per heavy atom. The number of hydrogen-bond acceptors (Lipinski definition) is 2. The predicted molar refractivity (Wildman–Crippen MR) is 70.3 cm³/mol. The molecule has 104 valence electrons. The van der Waals surface area contributed by atoms with Gasteiger partial charge in [0.25, 0.3) is 0 Å². The molecular weight excluding hydrogens is 240 g/mol. The van der Waals surface area contributed by atoms with E-state index in [9.17, 15) is 9.59 Å². The highest BCUT2D eigenvalue weighted by molar-refractivity contribution is 5.81. The molecule has 4 nitrogen and oxygen atoms in total. The van der Waals surface area contributed by atoms with Crippen molar-refractivity contribution in [2.75, 3.05) is 19.6 Å². The molecule has 1 saturated carbocycles. The van der Waals surface area contributed by atoms with Gasteiger partial charge < -0.3 is 9.80 Å². The third kappa shape index (κ3) is 1.96. The molecule has 3 saturated heterocycles. The van der Waals surface area contributed by atoms with Crippen molar-refractivity contribution < 1.29 is 9.59 Å². The van der Waals surface area contributed by atoms with Crippen LogP contribution in [-0.2, 0) is 9.59 Å². The van der Waals surface area contributed by atoms with Crippen molar-refractivity contribution in [1.29, 1.82) is 0 Å². The molecule has 0 aromatic carbocycles. The summed E-state index contributed by atoms with van der Waals surface area (Å²) in [5.41, 5.74) is 0. The van der Waals surface area contributed by atoms with E-state index in [1.165, 1.54) is 6.42 Å². The molecule has 3 atom stereocenters. The van der Waals surface area contributed by atoms with Crippen LogP contribution >= 0.6 is 0 Å². The highest BCUT2D eigenvalue weighted by Gasteiger charge is 2.46. The summed E-state index contributed by atoms with van der Waals surface area (Å²) in [5.74, 6) is 2.15. The lowest BCUT2D eigenvalue weighted by atomic mass is 9.76. The van der Waals surface area contributed by atoms with Crippen molar-refractivity contribution in [1.82, 2.24) is 9.80 Å². The second-order valence-electron chi connectivity index (χ2n) is 6.88. The quantitative estimate of drug-likeness (QED) is 0.713. The zero-order valence-corrected chi connectivity index (χ0v) is 11.4. The smallest absolute Gasteiger partial charge is 0.225 e. The summed E-state index contributed by atoms with van der Waals surface area (Å²) >= 11 is 0. The lowest BCUT2D eigenvalue weighted by Gasteiger charge is -2.52. The molecule has 4 rings (SSSR count). The minimum Gasteiger partial charge on any atom is -0.342 e. The zero-order chi connectivity index (χ0) is 13.0. The second-order valence-corrected chi connectivity index (χ2v) is 6.88. The molecule has 2 amide bonds. The van der Waals surface area contributed by atoms with E-state index in [-0.39, 0.29) is 0 Å². The molecule has 3 heterocycles. The largest absolute Gasteiger partial charge is 0.342 e. The Kier molecular flexibility index (Phi) is 2.61. The van der Waals surface area contributed by atoms with Gasteiger partial charge in [-0.15, -0.1) is 0 Å². The topological polar surface area (TPSA) is 40.6 Å². The molecule has 0 aromatic heterocycles. The van der Waals surface area contributed by atoms with Crippen LogP contribution in [0.15, 0.2) is 0 Å². The van der Waals surface area contributed by atoms with Gasteiger partial charge in [-0.3, -0.25) is 9.59 Å². The van der Waals surface area contributed by atoms with E-state index in [1.54, 1.807) is 0 Å². The monoisotopic (exact) mass is 262 g/mol. The van der Waals surface area contributed by atoms with Gasteiger partial charge in [0.15, 0.2) is 0 Å². The van der Waals surface area contributed by atoms with Crippen molar-refractivity contribution in [3.8, 4) is 0 Å². The standard InChI is InChI=1S/C15H22N2O2/c18-14-3-1-2-13-12-6-10(8-17(13)14)7-16(9-12)15(19)11-4-5-11/h10-13H,1-9H2/t10?,12?,13-/m1/s1. The maximum atomic E-state index is 12.3. The number of rotatable bonds is 1. The molecule has 4 aliphatic rings. The molecule has 1 aliphatic carbocycles. The first-order valence-corrected chi connectivity index (χ1v) is 7.80. The van der Waals surface area contributed by atoms with E-state index in [0.29, 0.717) is 35.6 Å². The van der Waals surface area contributed by atoms with E-state index >= 15 is 0 Å². The van der Waals surface area contributed by atoms with Crippen LogP contribution in [0.2, 0.25) is 0 Å². The Hall–Kier alpha value is -1.06. The minimum atomic E-state index is 0.336. The maximum Gasteiger partial charge on any atom is 0.225 e. The average Bonchev–Trinajstić information content (AvgIpc) is 3.23. The van der Waals surface area contributed by atoms with Gasteiger partial charge in [-0.05, 0) is 43.9 Å². The number of hydrogen-bond donors (Lipinski definition) is 0. The third-order valence-electron chi connectivity index (χ3n) is 5.42. The van der Waals surface area contributed by atoms with Crippen LogP contribution in [0.4, 0.5) is 0 Å². The van der Waals surface area contributed by atoms with Crippen LogP contribution in [0, 0.1) is 17.8 Å². The SMILES string of the molecule is O=C(C1CC1)N1CC2CC(C1)[C@H]1CCCC(=O)N1C2. The summed E-state index contributed by atoms with van der Waals surface area (Å²) in [4.78, 5) is 28.6. The van der Waals surface area contributed by atoms with E-state index in [4.69, 9.17) is 0 Å². The number of nitrogens with zero attached hydrogens (tertiary/aromatic N) is 2. The van der Waals surface area contributed by atoms with Gasteiger partial charge in [0.2, 0.25) is 11.8 Å². The van der Waals surface area contributed by atoms with Crippen molar-refractivity contribution in [3.05, 3.63) is 0 Å². The second kappa shape index (κ2) is 4.22. The van der Waals surface area contributed by atoms with Gasteiger partial charge in [-0.25, -0.2) is 0 Å². The fourth-order valence-electron chi connectivity index (χ4n) is 4.38. The Bertz CT molecular complexity index is 418. The van der Waals surface area contributed by atoms with E-state index in [2.05, 4.69) is 9.80 Å². The number of piperidine rings is 3. The lowest BCUT2D eigenvalue weighted by molar-refractivity contribution is -0.149. The Morgan fingerprint density at radius 1 is 1.11 bits per heavy atom. The Balaban J connectivity index is 1.52. The Labute approximate surface area is 114 Å². The highest BCUT2D eigenvalue weighted by atomic mass is 16.2. The normalized spacial score (nSPS) is 38.1. The summed E-state index contributed by atoms with van der Waals surface area (Å²) in [5, 5.41) is 0. The van der Waals surface area contributed by atoms with Crippen LogP contribution in [0.5, 0.6) is 0 Å². The van der Waals surface area contributed by atoms with Crippen molar-refractivity contribution in [3.63, 3.8) is 0 Å². The molecular formula is C15H22N2O2. The molecule has 0 N–H and O–H groups in total. The van der Waals surface area contributed by atoms with Crippen LogP contribution in [0.1, 0.15) is 38.5 Å². The molecule has 0 radical (unpaired) electrons. The number of carbonyl (C=O) groups excluding carboxylic acids is 2. The molecule has 4 fully saturated rings. The molecule has 3 aliphatic heterocycles. The molecule has 2 unspecified atom stereocenters. The van der Waals surface area contributed by atoms with Gasteiger partial charge in [-0.2, -0.15) is 0 Å². The minimum absolute atomic E-state index is 0.336. The van der Waals surface area contributed by atoms with E-state index in [0.717, 1.165) is 51.7 Å². The van der Waals surface area contributed by atoms with E-state index < -0.39 is 0 Å². The highest BCUT2D eigenvalue weighted by Crippen LogP contribution is 2.40. The Morgan fingerprint density at radius 2 is 1.95 bits per heavy atom. The summed E-state index contributed by atoms with van der Waals surface area (Å²) in [6.07, 6.45) is 6.34. The summed E-state index contributed by atoms with van der Waals surface area (Å²) < 4.78 is 0. The first-order valence-electron chi connectivity index (χ1n) is 7.80. The van der Waals surface area contributed by atoms with Crippen molar-refractivity contribution in [2.24, 2.45) is 17.8 Å². The first kappa shape index (κ1) is 11.7. The van der Waals surface area contributed by atoms with Gasteiger partial charge >= 0.3 is 0 Å². The van der Waals surface area contributed by atoms with Gasteiger partial charge in [0, 0.05) is 38.0 Å². The van der Waals surface area contributed by atoms with Crippen molar-refractivity contribution in [2.45, 2.75) is 44.6 Å². The number of carbonyl (C=O) groups is 2. The van der Waals surface area contributed by atoms with Gasteiger partial charge in [-0.1, -0.05) is 0 Å². The van der Waals surface area contributed by atoms with Crippen LogP contribution in [0.3, 0.4) is 0 Å².